The average molecular weight is 221 g/mol. The van der Waals surface area contributed by atoms with Crippen molar-refractivity contribution in [2.24, 2.45) is 0 Å². The second-order valence-electron chi connectivity index (χ2n) is 2.09. The standard InChI is InChI=1S/C6H11N3O2S2/c7-5-8-9-6(13-5)12-4-3-11-2-1-10/h10H,1-4H2,(H2,7,8). The Morgan fingerprint density at radius 1 is 1.46 bits per heavy atom. The van der Waals surface area contributed by atoms with Crippen molar-refractivity contribution >= 4 is 28.2 Å². The predicted octanol–water partition coefficient (Wildman–Crippen LogP) is 0.221. The number of aliphatic hydroxyl groups excluding tert-OH is 1. The summed E-state index contributed by atoms with van der Waals surface area (Å²) in [6.45, 7) is 1.06. The Hall–Kier alpha value is -0.370. The molecule has 5 nitrogen and oxygen atoms in total. The van der Waals surface area contributed by atoms with E-state index in [9.17, 15) is 0 Å². The molecule has 74 valence electrons. The number of nitrogens with zero attached hydrogens (tertiary/aromatic N) is 2. The Balaban J connectivity index is 2.06. The molecule has 0 spiro atoms. The first-order valence-electron chi connectivity index (χ1n) is 3.73. The van der Waals surface area contributed by atoms with Crippen LogP contribution < -0.4 is 5.73 Å². The van der Waals surface area contributed by atoms with Crippen LogP contribution in [0.15, 0.2) is 4.34 Å². The third kappa shape index (κ3) is 4.41. The lowest BCUT2D eigenvalue weighted by Gasteiger charge is -1.98. The molecule has 7 heteroatoms. The van der Waals surface area contributed by atoms with Gasteiger partial charge in [0.25, 0.3) is 0 Å². The van der Waals surface area contributed by atoms with Crippen LogP contribution in [0.1, 0.15) is 0 Å². The summed E-state index contributed by atoms with van der Waals surface area (Å²) in [6.07, 6.45) is 0. The van der Waals surface area contributed by atoms with Crippen molar-refractivity contribution in [2.75, 3.05) is 31.3 Å². The van der Waals surface area contributed by atoms with Crippen molar-refractivity contribution in [1.29, 1.82) is 0 Å². The van der Waals surface area contributed by atoms with Crippen LogP contribution in [-0.4, -0.2) is 40.9 Å². The maximum absolute atomic E-state index is 8.42. The molecule has 3 N–H and O–H groups in total. The number of aromatic nitrogens is 2. The topological polar surface area (TPSA) is 81.3 Å². The molecule has 0 saturated heterocycles. The number of anilines is 1. The highest BCUT2D eigenvalue weighted by Crippen LogP contribution is 2.22. The van der Waals surface area contributed by atoms with Crippen LogP contribution >= 0.6 is 23.1 Å². The fourth-order valence-corrected chi connectivity index (χ4v) is 2.19. The van der Waals surface area contributed by atoms with Gasteiger partial charge in [-0.2, -0.15) is 0 Å². The van der Waals surface area contributed by atoms with E-state index < -0.39 is 0 Å². The summed E-state index contributed by atoms with van der Waals surface area (Å²) < 4.78 is 5.92. The molecule has 0 saturated carbocycles. The summed E-state index contributed by atoms with van der Waals surface area (Å²) in [5, 5.41) is 16.4. The largest absolute Gasteiger partial charge is 0.394 e. The zero-order chi connectivity index (χ0) is 9.52. The second kappa shape index (κ2) is 6.14. The number of rotatable bonds is 6. The Morgan fingerprint density at radius 2 is 2.31 bits per heavy atom. The van der Waals surface area contributed by atoms with Crippen molar-refractivity contribution < 1.29 is 9.84 Å². The SMILES string of the molecule is Nc1nnc(SCCOCCO)s1. The van der Waals surface area contributed by atoms with Gasteiger partial charge in [-0.25, -0.2) is 0 Å². The van der Waals surface area contributed by atoms with Gasteiger partial charge in [-0.1, -0.05) is 23.1 Å². The summed E-state index contributed by atoms with van der Waals surface area (Å²) in [5.41, 5.74) is 5.40. The molecule has 1 heterocycles. The third-order valence-corrected chi connectivity index (χ3v) is 2.96. The summed E-state index contributed by atoms with van der Waals surface area (Å²) in [6, 6.07) is 0. The minimum absolute atomic E-state index is 0.0659. The molecule has 1 aromatic rings. The Bertz CT molecular complexity index is 244. The van der Waals surface area contributed by atoms with E-state index in [0.29, 0.717) is 18.3 Å². The normalized spacial score (nSPS) is 10.5. The summed E-state index contributed by atoms with van der Waals surface area (Å²) in [4.78, 5) is 0. The smallest absolute Gasteiger partial charge is 0.203 e. The highest BCUT2D eigenvalue weighted by molar-refractivity contribution is 8.01. The number of aliphatic hydroxyl groups is 1. The molecule has 0 amide bonds. The predicted molar refractivity (Wildman–Crippen MR) is 53.0 cm³/mol. The van der Waals surface area contributed by atoms with Crippen molar-refractivity contribution in [3.05, 3.63) is 0 Å². The number of ether oxygens (including phenoxy) is 1. The first kappa shape index (κ1) is 10.7. The Morgan fingerprint density at radius 3 is 2.92 bits per heavy atom. The summed E-state index contributed by atoms with van der Waals surface area (Å²) in [5.74, 6) is 0.800. The molecule has 0 atom stereocenters. The van der Waals surface area contributed by atoms with Crippen LogP contribution in [0, 0.1) is 0 Å². The molecule has 0 fully saturated rings. The zero-order valence-electron chi connectivity index (χ0n) is 6.97. The van der Waals surface area contributed by atoms with E-state index in [0.717, 1.165) is 10.1 Å². The van der Waals surface area contributed by atoms with E-state index in [2.05, 4.69) is 10.2 Å². The van der Waals surface area contributed by atoms with Gasteiger partial charge in [0, 0.05) is 5.75 Å². The lowest BCUT2D eigenvalue weighted by Crippen LogP contribution is -2.02. The van der Waals surface area contributed by atoms with Crippen LogP contribution in [0.2, 0.25) is 0 Å². The van der Waals surface area contributed by atoms with Gasteiger partial charge in [0.15, 0.2) is 4.34 Å². The highest BCUT2D eigenvalue weighted by atomic mass is 32.2. The molecule has 0 bridgehead atoms. The van der Waals surface area contributed by atoms with Gasteiger partial charge in [0.1, 0.15) is 0 Å². The van der Waals surface area contributed by atoms with Crippen LogP contribution in [-0.2, 0) is 4.74 Å². The van der Waals surface area contributed by atoms with Crippen LogP contribution in [0.3, 0.4) is 0 Å². The minimum atomic E-state index is 0.0659. The first-order chi connectivity index (χ1) is 6.33. The van der Waals surface area contributed by atoms with Gasteiger partial charge < -0.3 is 15.6 Å². The first-order valence-corrected chi connectivity index (χ1v) is 5.53. The number of nitrogen functional groups attached to an aromatic ring is 1. The van der Waals surface area contributed by atoms with Gasteiger partial charge in [-0.3, -0.25) is 0 Å². The molecule has 0 aliphatic heterocycles. The Labute approximate surface area is 84.3 Å². The van der Waals surface area contributed by atoms with E-state index >= 15 is 0 Å². The van der Waals surface area contributed by atoms with E-state index in [1.165, 1.54) is 11.3 Å². The lowest BCUT2D eigenvalue weighted by atomic mass is 10.7. The van der Waals surface area contributed by atoms with Gasteiger partial charge in [-0.05, 0) is 0 Å². The fourth-order valence-electron chi connectivity index (χ4n) is 0.633. The summed E-state index contributed by atoms with van der Waals surface area (Å²) >= 11 is 2.92. The number of nitrogens with two attached hydrogens (primary N) is 1. The van der Waals surface area contributed by atoms with Gasteiger partial charge >= 0.3 is 0 Å². The molecular weight excluding hydrogens is 210 g/mol. The van der Waals surface area contributed by atoms with Crippen LogP contribution in [0.4, 0.5) is 5.13 Å². The van der Waals surface area contributed by atoms with Gasteiger partial charge in [0.2, 0.25) is 5.13 Å². The van der Waals surface area contributed by atoms with Crippen molar-refractivity contribution in [3.63, 3.8) is 0 Å². The second-order valence-corrected chi connectivity index (χ2v) is 4.44. The van der Waals surface area contributed by atoms with E-state index in [1.807, 2.05) is 0 Å². The van der Waals surface area contributed by atoms with E-state index in [-0.39, 0.29) is 6.61 Å². The molecule has 0 unspecified atom stereocenters. The summed E-state index contributed by atoms with van der Waals surface area (Å²) in [7, 11) is 0. The maximum atomic E-state index is 8.42. The lowest BCUT2D eigenvalue weighted by molar-refractivity contribution is 0.103. The van der Waals surface area contributed by atoms with E-state index in [4.69, 9.17) is 15.6 Å². The van der Waals surface area contributed by atoms with Crippen molar-refractivity contribution in [2.45, 2.75) is 4.34 Å². The van der Waals surface area contributed by atoms with Gasteiger partial charge in [-0.15, -0.1) is 10.2 Å². The number of hydrogen-bond donors (Lipinski definition) is 2. The molecule has 0 radical (unpaired) electrons. The van der Waals surface area contributed by atoms with Gasteiger partial charge in [0.05, 0.1) is 19.8 Å². The minimum Gasteiger partial charge on any atom is -0.394 e. The van der Waals surface area contributed by atoms with Crippen LogP contribution in [0.5, 0.6) is 0 Å². The number of hydrogen-bond acceptors (Lipinski definition) is 7. The maximum Gasteiger partial charge on any atom is 0.203 e. The van der Waals surface area contributed by atoms with Crippen molar-refractivity contribution in [3.8, 4) is 0 Å². The number of thioether (sulfide) groups is 1. The molecule has 1 rings (SSSR count). The fraction of sp³-hybridized carbons (Fsp3) is 0.667. The molecule has 0 aliphatic carbocycles. The monoisotopic (exact) mass is 221 g/mol. The van der Waals surface area contributed by atoms with Crippen LogP contribution in [0.25, 0.3) is 0 Å². The third-order valence-electron chi connectivity index (χ3n) is 1.11. The Kier molecular flexibility index (Phi) is 5.06. The van der Waals surface area contributed by atoms with E-state index in [1.54, 1.807) is 11.8 Å². The molecule has 1 aromatic heterocycles. The molecular formula is C6H11N3O2S2. The molecule has 13 heavy (non-hydrogen) atoms. The highest BCUT2D eigenvalue weighted by Gasteiger charge is 2.00. The van der Waals surface area contributed by atoms with Crippen molar-refractivity contribution in [1.82, 2.24) is 10.2 Å². The average Bonchev–Trinajstić information content (AvgIpc) is 2.51. The zero-order valence-corrected chi connectivity index (χ0v) is 8.61. The quantitative estimate of drug-likeness (QED) is 0.528. The molecule has 0 aliphatic rings. The molecule has 0 aromatic carbocycles.